The number of cyclic esters (lactones) is 1. The molecule has 2 rings (SSSR count). The van der Waals surface area contributed by atoms with Gasteiger partial charge in [0.15, 0.2) is 5.60 Å². The molecule has 222 valence electrons. The zero-order valence-electron chi connectivity index (χ0n) is 25.5. The van der Waals surface area contributed by atoms with E-state index in [1.54, 1.807) is 6.92 Å². The van der Waals surface area contributed by atoms with E-state index >= 15 is 0 Å². The lowest BCUT2D eigenvalue weighted by molar-refractivity contribution is -0.154. The Morgan fingerprint density at radius 1 is 1.13 bits per heavy atom. The average Bonchev–Trinajstić information content (AvgIpc) is 3.09. The molecule has 7 heteroatoms. The topological polar surface area (TPSA) is 113 Å². The van der Waals surface area contributed by atoms with Crippen LogP contribution in [0.2, 0.25) is 0 Å². The monoisotopic (exact) mass is 548 g/mol. The maximum Gasteiger partial charge on any atom is 0.313 e. The number of aliphatic hydroxyl groups excluding tert-OH is 3. The van der Waals surface area contributed by atoms with Crippen molar-refractivity contribution >= 4 is 11.8 Å². The van der Waals surface area contributed by atoms with Crippen LogP contribution in [0, 0.1) is 23.7 Å². The van der Waals surface area contributed by atoms with Crippen molar-refractivity contribution in [3.05, 3.63) is 34.6 Å². The number of fused-ring (bicyclic) bond motifs is 2. The molecule has 0 amide bonds. The highest BCUT2D eigenvalue weighted by molar-refractivity contribution is 6.04. The van der Waals surface area contributed by atoms with Gasteiger partial charge in [0.1, 0.15) is 18.3 Å². The van der Waals surface area contributed by atoms with Gasteiger partial charge in [0.05, 0.1) is 18.3 Å². The molecule has 0 saturated heterocycles. The predicted molar refractivity (Wildman–Crippen MR) is 153 cm³/mol. The average molecular weight is 549 g/mol. The van der Waals surface area contributed by atoms with Gasteiger partial charge in [-0.15, -0.1) is 0 Å². The number of Topliss-reactive ketones (excluding diaryl/α,β-unsaturated/α-hetero) is 1. The van der Waals surface area contributed by atoms with Crippen molar-refractivity contribution in [1.29, 1.82) is 0 Å². The molecule has 2 aliphatic rings. The fourth-order valence-corrected chi connectivity index (χ4v) is 6.14. The number of ether oxygens (including phenoxy) is 2. The molecule has 0 radical (unpaired) electrons. The second-order valence-electron chi connectivity index (χ2n) is 12.3. The maximum atomic E-state index is 13.0. The van der Waals surface area contributed by atoms with E-state index in [0.29, 0.717) is 43.4 Å². The SMILES string of the molecule is CCC1=C2CC(=O)O[C@@H]([C@H](C)[C@H](O)[C@H](C)CC(C)=C[C@H](C)[C@@H](O)[C@H](C)[C@@H](O)CC)CC=C(C)CC(C)(O2)C1=O. The highest BCUT2D eigenvalue weighted by atomic mass is 16.6. The first-order valence-electron chi connectivity index (χ1n) is 14.7. The number of carbonyl (C=O) groups excluding carboxylic acids is 2. The quantitative estimate of drug-likeness (QED) is 0.233. The van der Waals surface area contributed by atoms with Crippen molar-refractivity contribution in [3.8, 4) is 0 Å². The fourth-order valence-electron chi connectivity index (χ4n) is 6.14. The van der Waals surface area contributed by atoms with Gasteiger partial charge in [-0.3, -0.25) is 9.59 Å². The zero-order chi connectivity index (χ0) is 29.7. The van der Waals surface area contributed by atoms with E-state index in [2.05, 4.69) is 0 Å². The summed E-state index contributed by atoms with van der Waals surface area (Å²) in [7, 11) is 0. The Morgan fingerprint density at radius 2 is 1.77 bits per heavy atom. The number of ketones is 1. The summed E-state index contributed by atoms with van der Waals surface area (Å²) in [4.78, 5) is 25.9. The van der Waals surface area contributed by atoms with Crippen molar-refractivity contribution < 1.29 is 34.4 Å². The summed E-state index contributed by atoms with van der Waals surface area (Å²) in [6.07, 6.45) is 4.08. The van der Waals surface area contributed by atoms with Crippen molar-refractivity contribution in [1.82, 2.24) is 0 Å². The van der Waals surface area contributed by atoms with Crippen LogP contribution in [0.3, 0.4) is 0 Å². The van der Waals surface area contributed by atoms with Crippen LogP contribution in [0.5, 0.6) is 0 Å². The molecule has 2 bridgehead atoms. The van der Waals surface area contributed by atoms with Crippen molar-refractivity contribution in [3.63, 3.8) is 0 Å². The van der Waals surface area contributed by atoms with Gasteiger partial charge < -0.3 is 24.8 Å². The Balaban J connectivity index is 2.14. The minimum Gasteiger partial charge on any atom is -0.482 e. The number of carbonyl (C=O) groups is 2. The summed E-state index contributed by atoms with van der Waals surface area (Å²) in [5, 5.41) is 32.0. The third-order valence-electron chi connectivity index (χ3n) is 8.70. The van der Waals surface area contributed by atoms with Gasteiger partial charge in [-0.05, 0) is 46.0 Å². The van der Waals surface area contributed by atoms with Gasteiger partial charge in [0, 0.05) is 36.2 Å². The number of esters is 1. The maximum absolute atomic E-state index is 13.0. The predicted octanol–water partition coefficient (Wildman–Crippen LogP) is 5.42. The molecule has 0 fully saturated rings. The van der Waals surface area contributed by atoms with E-state index in [4.69, 9.17) is 9.47 Å². The molecule has 3 N–H and O–H groups in total. The van der Waals surface area contributed by atoms with Crippen molar-refractivity contribution in [2.75, 3.05) is 0 Å². The number of hydrogen-bond donors (Lipinski definition) is 3. The number of hydrogen-bond acceptors (Lipinski definition) is 7. The smallest absolute Gasteiger partial charge is 0.313 e. The summed E-state index contributed by atoms with van der Waals surface area (Å²) in [5.74, 6) is -0.900. The van der Waals surface area contributed by atoms with Crippen LogP contribution < -0.4 is 0 Å². The molecule has 2 aliphatic heterocycles. The molecule has 0 aromatic rings. The summed E-state index contributed by atoms with van der Waals surface area (Å²) in [6, 6.07) is 0. The minimum absolute atomic E-state index is 0.0588. The van der Waals surface area contributed by atoms with Crippen LogP contribution in [-0.4, -0.2) is 57.1 Å². The zero-order valence-corrected chi connectivity index (χ0v) is 25.5. The molecule has 39 heavy (non-hydrogen) atoms. The first-order chi connectivity index (χ1) is 18.1. The molecule has 0 aromatic heterocycles. The van der Waals surface area contributed by atoms with Gasteiger partial charge in [-0.25, -0.2) is 0 Å². The summed E-state index contributed by atoms with van der Waals surface area (Å²) < 4.78 is 11.9. The third-order valence-corrected chi connectivity index (χ3v) is 8.70. The third kappa shape index (κ3) is 8.27. The number of rotatable bonds is 11. The molecule has 0 saturated carbocycles. The lowest BCUT2D eigenvalue weighted by Crippen LogP contribution is -2.37. The molecule has 0 aromatic carbocycles. The molecular weight excluding hydrogens is 496 g/mol. The first-order valence-corrected chi connectivity index (χ1v) is 14.7. The Kier molecular flexibility index (Phi) is 12.0. The summed E-state index contributed by atoms with van der Waals surface area (Å²) in [5.41, 5.74) is 1.59. The van der Waals surface area contributed by atoms with Gasteiger partial charge in [0.25, 0.3) is 0 Å². The molecule has 1 unspecified atom stereocenters. The van der Waals surface area contributed by atoms with Gasteiger partial charge in [0.2, 0.25) is 5.78 Å². The van der Waals surface area contributed by atoms with Crippen LogP contribution in [0.15, 0.2) is 34.6 Å². The van der Waals surface area contributed by atoms with Crippen LogP contribution in [0.25, 0.3) is 0 Å². The van der Waals surface area contributed by atoms with Gasteiger partial charge in [-0.1, -0.05) is 64.8 Å². The van der Waals surface area contributed by atoms with Crippen molar-refractivity contribution in [2.24, 2.45) is 23.7 Å². The summed E-state index contributed by atoms with van der Waals surface area (Å²) in [6.45, 7) is 17.2. The van der Waals surface area contributed by atoms with E-state index in [9.17, 15) is 24.9 Å². The number of aliphatic hydroxyl groups is 3. The normalized spacial score (nSPS) is 28.4. The lowest BCUT2D eigenvalue weighted by atomic mass is 9.83. The van der Waals surface area contributed by atoms with Crippen LogP contribution in [0.4, 0.5) is 0 Å². The fraction of sp³-hybridized carbons (Fsp3) is 0.750. The Morgan fingerprint density at radius 3 is 2.36 bits per heavy atom. The molecule has 2 heterocycles. The van der Waals surface area contributed by atoms with Crippen LogP contribution in [-0.2, 0) is 19.1 Å². The van der Waals surface area contributed by atoms with E-state index in [0.717, 1.165) is 11.1 Å². The highest BCUT2D eigenvalue weighted by Gasteiger charge is 2.45. The van der Waals surface area contributed by atoms with E-state index < -0.39 is 36.0 Å². The van der Waals surface area contributed by atoms with Crippen LogP contribution >= 0.6 is 0 Å². The standard InChI is InChI=1S/C32H52O7/c1-10-24-27-16-28(34)38-26(13-12-18(3)17-32(9,39-27)31(24)37)23(8)30(36)21(6)15-19(4)14-20(5)29(35)22(7)25(33)11-2/h12,14,20-23,25-26,29-30,33,35-36H,10-11,13,15-17H2,1-9H3/t20-,21+,22+,23-,25-,26+,29+,30+,32?/m0/s1. The van der Waals surface area contributed by atoms with E-state index in [1.165, 1.54) is 0 Å². The summed E-state index contributed by atoms with van der Waals surface area (Å²) >= 11 is 0. The first kappa shape index (κ1) is 33.2. The van der Waals surface area contributed by atoms with Crippen molar-refractivity contribution in [2.45, 2.75) is 131 Å². The second-order valence-corrected chi connectivity index (χ2v) is 12.3. The molecule has 9 atom stereocenters. The molecule has 0 aliphatic carbocycles. The number of allylic oxidation sites excluding steroid dienone is 1. The van der Waals surface area contributed by atoms with Gasteiger partial charge in [-0.2, -0.15) is 0 Å². The minimum atomic E-state index is -0.998. The lowest BCUT2D eigenvalue weighted by Gasteiger charge is -2.31. The molecule has 0 spiro atoms. The largest absolute Gasteiger partial charge is 0.482 e. The second kappa shape index (κ2) is 14.1. The van der Waals surface area contributed by atoms with E-state index in [-0.39, 0.29) is 35.9 Å². The Labute approximate surface area is 235 Å². The Bertz CT molecular complexity index is 964. The molecular formula is C32H52O7. The van der Waals surface area contributed by atoms with Gasteiger partial charge >= 0.3 is 5.97 Å². The Hall–Kier alpha value is -1.96. The van der Waals surface area contributed by atoms with Crippen LogP contribution in [0.1, 0.15) is 101 Å². The molecule has 7 nitrogen and oxygen atoms in total. The van der Waals surface area contributed by atoms with E-state index in [1.807, 2.05) is 67.5 Å². The highest BCUT2D eigenvalue weighted by Crippen LogP contribution is 2.39.